The molecule has 5 heteroatoms. The van der Waals surface area contributed by atoms with Crippen LogP contribution in [0.25, 0.3) is 5.69 Å². The van der Waals surface area contributed by atoms with Crippen molar-refractivity contribution >= 4 is 5.91 Å². The highest BCUT2D eigenvalue weighted by molar-refractivity contribution is 5.93. The van der Waals surface area contributed by atoms with Crippen molar-refractivity contribution in [2.24, 2.45) is 0 Å². The van der Waals surface area contributed by atoms with E-state index in [4.69, 9.17) is 9.84 Å². The van der Waals surface area contributed by atoms with E-state index in [-0.39, 0.29) is 5.91 Å². The van der Waals surface area contributed by atoms with Crippen LogP contribution in [0.5, 0.6) is 0 Å². The van der Waals surface area contributed by atoms with E-state index >= 15 is 0 Å². The highest BCUT2D eigenvalue weighted by Gasteiger charge is 2.29. The van der Waals surface area contributed by atoms with Crippen LogP contribution in [0.15, 0.2) is 60.7 Å². The summed E-state index contributed by atoms with van der Waals surface area (Å²) < 4.78 is 7.30. The highest BCUT2D eigenvalue weighted by atomic mass is 16.5. The number of hydrogen-bond acceptors (Lipinski definition) is 3. The molecule has 28 heavy (non-hydrogen) atoms. The van der Waals surface area contributed by atoms with Gasteiger partial charge in [-0.25, -0.2) is 4.68 Å². The number of nitrogens with one attached hydrogen (secondary N) is 1. The lowest BCUT2D eigenvalue weighted by atomic mass is 10.1. The largest absolute Gasteiger partial charge is 0.377 e. The van der Waals surface area contributed by atoms with Crippen LogP contribution in [0.4, 0.5) is 0 Å². The Bertz CT molecular complexity index is 945. The topological polar surface area (TPSA) is 56.1 Å². The molecule has 0 radical (unpaired) electrons. The Labute approximate surface area is 165 Å². The molecule has 1 amide bonds. The monoisotopic (exact) mass is 375 g/mol. The minimum atomic E-state index is -0.116. The van der Waals surface area contributed by atoms with Gasteiger partial charge < -0.3 is 10.1 Å². The van der Waals surface area contributed by atoms with Gasteiger partial charge in [0.2, 0.25) is 0 Å². The van der Waals surface area contributed by atoms with Crippen molar-refractivity contribution in [3.8, 4) is 5.69 Å². The first kappa shape index (κ1) is 18.4. The van der Waals surface area contributed by atoms with Gasteiger partial charge in [-0.1, -0.05) is 42.5 Å². The van der Waals surface area contributed by atoms with Crippen molar-refractivity contribution in [2.45, 2.75) is 38.8 Å². The fraction of sp³-hybridized carbons (Fsp3) is 0.304. The van der Waals surface area contributed by atoms with Crippen LogP contribution >= 0.6 is 0 Å². The van der Waals surface area contributed by atoms with E-state index in [2.05, 4.69) is 5.32 Å². The van der Waals surface area contributed by atoms with Gasteiger partial charge in [0.15, 0.2) is 0 Å². The lowest BCUT2D eigenvalue weighted by molar-refractivity contribution is 0.0942. The summed E-state index contributed by atoms with van der Waals surface area (Å²) in [4.78, 5) is 13.0. The maximum atomic E-state index is 13.0. The van der Waals surface area contributed by atoms with Gasteiger partial charge in [0.1, 0.15) is 5.69 Å². The molecule has 1 aliphatic rings. The molecule has 0 saturated heterocycles. The van der Waals surface area contributed by atoms with Gasteiger partial charge in [-0.3, -0.25) is 4.79 Å². The third-order valence-corrected chi connectivity index (χ3v) is 4.98. The molecule has 0 unspecified atom stereocenters. The molecule has 4 rings (SSSR count). The van der Waals surface area contributed by atoms with Crippen LogP contribution in [0, 0.1) is 0 Å². The van der Waals surface area contributed by atoms with Crippen LogP contribution in [0.2, 0.25) is 0 Å². The van der Waals surface area contributed by atoms with Crippen LogP contribution in [0.1, 0.15) is 53.0 Å². The van der Waals surface area contributed by atoms with Gasteiger partial charge in [0.05, 0.1) is 18.0 Å². The van der Waals surface area contributed by atoms with E-state index in [0.717, 1.165) is 35.3 Å². The third-order valence-electron chi connectivity index (χ3n) is 4.98. The molecule has 0 spiro atoms. The normalized spacial score (nSPS) is 13.5. The van der Waals surface area contributed by atoms with Crippen molar-refractivity contribution in [3.05, 3.63) is 83.2 Å². The van der Waals surface area contributed by atoms with Crippen LogP contribution in [-0.2, 0) is 17.9 Å². The van der Waals surface area contributed by atoms with Crippen LogP contribution < -0.4 is 5.32 Å². The third kappa shape index (κ3) is 4.15. The van der Waals surface area contributed by atoms with E-state index in [1.165, 1.54) is 0 Å². The van der Waals surface area contributed by atoms with Crippen LogP contribution in [0.3, 0.4) is 0 Å². The molecule has 1 aliphatic carbocycles. The van der Waals surface area contributed by atoms with E-state index in [9.17, 15) is 4.79 Å². The summed E-state index contributed by atoms with van der Waals surface area (Å²) in [6.45, 7) is 3.66. The van der Waals surface area contributed by atoms with Crippen molar-refractivity contribution in [1.29, 1.82) is 0 Å². The average Bonchev–Trinajstić information content (AvgIpc) is 3.50. The van der Waals surface area contributed by atoms with Gasteiger partial charge in [0.25, 0.3) is 5.91 Å². The van der Waals surface area contributed by atoms with Crippen molar-refractivity contribution < 1.29 is 9.53 Å². The Kier molecular flexibility index (Phi) is 5.53. The number of carbonyl (C=O) groups is 1. The summed E-state index contributed by atoms with van der Waals surface area (Å²) >= 11 is 0. The second-order valence-corrected chi connectivity index (χ2v) is 7.06. The van der Waals surface area contributed by atoms with Gasteiger partial charge in [0, 0.05) is 19.1 Å². The number of amides is 1. The quantitative estimate of drug-likeness (QED) is 0.641. The molecule has 0 atom stereocenters. The summed E-state index contributed by atoms with van der Waals surface area (Å²) in [6, 6.07) is 19.8. The number of aromatic nitrogens is 2. The molecule has 144 valence electrons. The fourth-order valence-electron chi connectivity index (χ4n) is 3.25. The summed E-state index contributed by atoms with van der Waals surface area (Å²) in [5.74, 6) is 0.373. The number of carbonyl (C=O) groups excluding carboxylic acids is 1. The zero-order chi connectivity index (χ0) is 19.3. The molecule has 1 N–H and O–H groups in total. The lowest BCUT2D eigenvalue weighted by Gasteiger charge is -2.11. The molecular formula is C23H25N3O2. The standard InChI is InChI=1S/C23H25N3O2/c1-2-28-16-19-9-7-6-8-18(19)15-24-23(27)22-14-21(17-12-13-17)25-26(22)20-10-4-3-5-11-20/h3-11,14,17H,2,12-13,15-16H2,1H3,(H,24,27). The summed E-state index contributed by atoms with van der Waals surface area (Å²) in [7, 11) is 0. The molecule has 5 nitrogen and oxygen atoms in total. The van der Waals surface area contributed by atoms with Gasteiger partial charge in [-0.15, -0.1) is 0 Å². The molecule has 0 bridgehead atoms. The summed E-state index contributed by atoms with van der Waals surface area (Å²) in [5.41, 5.74) is 4.65. The first-order valence-electron chi connectivity index (χ1n) is 9.84. The Morgan fingerprint density at radius 1 is 1.11 bits per heavy atom. The van der Waals surface area contributed by atoms with Crippen LogP contribution in [-0.4, -0.2) is 22.3 Å². The minimum Gasteiger partial charge on any atom is -0.377 e. The van der Waals surface area contributed by atoms with Crippen molar-refractivity contribution in [2.75, 3.05) is 6.61 Å². The molecule has 1 saturated carbocycles. The Hall–Kier alpha value is -2.92. The SMILES string of the molecule is CCOCc1ccccc1CNC(=O)c1cc(C2CC2)nn1-c1ccccc1. The first-order valence-corrected chi connectivity index (χ1v) is 9.84. The predicted octanol–water partition coefficient (Wildman–Crippen LogP) is 4.22. The zero-order valence-electron chi connectivity index (χ0n) is 16.1. The van der Waals surface area contributed by atoms with Gasteiger partial charge in [-0.05, 0) is 49.1 Å². The second-order valence-electron chi connectivity index (χ2n) is 7.06. The van der Waals surface area contributed by atoms with E-state index in [0.29, 0.717) is 31.4 Å². The molecule has 1 heterocycles. The number of rotatable bonds is 8. The number of nitrogens with zero attached hydrogens (tertiary/aromatic N) is 2. The predicted molar refractivity (Wildman–Crippen MR) is 108 cm³/mol. The zero-order valence-corrected chi connectivity index (χ0v) is 16.1. The second kappa shape index (κ2) is 8.40. The molecule has 0 aliphatic heterocycles. The fourth-order valence-corrected chi connectivity index (χ4v) is 3.25. The molecule has 3 aromatic rings. The van der Waals surface area contributed by atoms with E-state index in [1.807, 2.05) is 67.6 Å². The molecule has 2 aromatic carbocycles. The summed E-state index contributed by atoms with van der Waals surface area (Å²) in [5, 5.41) is 7.77. The average molecular weight is 375 g/mol. The highest BCUT2D eigenvalue weighted by Crippen LogP contribution is 2.39. The van der Waals surface area contributed by atoms with Crippen molar-refractivity contribution in [1.82, 2.24) is 15.1 Å². The Morgan fingerprint density at radius 2 is 1.82 bits per heavy atom. The molecular weight excluding hydrogens is 350 g/mol. The van der Waals surface area contributed by atoms with Gasteiger partial charge >= 0.3 is 0 Å². The smallest absolute Gasteiger partial charge is 0.270 e. The maximum Gasteiger partial charge on any atom is 0.270 e. The van der Waals surface area contributed by atoms with E-state index in [1.54, 1.807) is 4.68 Å². The number of hydrogen-bond donors (Lipinski definition) is 1. The Morgan fingerprint density at radius 3 is 2.54 bits per heavy atom. The lowest BCUT2D eigenvalue weighted by Crippen LogP contribution is -2.26. The minimum absolute atomic E-state index is 0.116. The molecule has 1 aromatic heterocycles. The number of ether oxygens (including phenoxy) is 1. The Balaban J connectivity index is 1.54. The molecule has 1 fully saturated rings. The summed E-state index contributed by atoms with van der Waals surface area (Å²) in [6.07, 6.45) is 2.30. The number of para-hydroxylation sites is 1. The number of benzene rings is 2. The van der Waals surface area contributed by atoms with Crippen molar-refractivity contribution in [3.63, 3.8) is 0 Å². The van der Waals surface area contributed by atoms with E-state index < -0.39 is 0 Å². The first-order chi connectivity index (χ1) is 13.8. The van der Waals surface area contributed by atoms with Gasteiger partial charge in [-0.2, -0.15) is 5.10 Å². The maximum absolute atomic E-state index is 13.0.